The Kier molecular flexibility index (Phi) is 7.09. The summed E-state index contributed by atoms with van der Waals surface area (Å²) in [6.07, 6.45) is 1.66. The zero-order valence-electron chi connectivity index (χ0n) is 10.8. The minimum Gasteiger partial charge on any atom is -0.550 e. The van der Waals surface area contributed by atoms with Crippen LogP contribution in [0.1, 0.15) is 31.2 Å². The molecule has 0 radical (unpaired) electrons. The quantitative estimate of drug-likeness (QED) is 0.716. The Balaban J connectivity index is 2.01. The maximum Gasteiger partial charge on any atom is 0.407 e. The topological polar surface area (TPSA) is 78.5 Å². The average Bonchev–Trinajstić information content (AvgIpc) is 2.41. The number of ether oxygens (including phenoxy) is 1. The molecular formula is C14H18NO4-. The Labute approximate surface area is 112 Å². The van der Waals surface area contributed by atoms with E-state index in [4.69, 9.17) is 4.74 Å². The Morgan fingerprint density at radius 1 is 1.11 bits per heavy atom. The Morgan fingerprint density at radius 3 is 2.53 bits per heavy atom. The molecule has 0 aliphatic carbocycles. The molecule has 0 spiro atoms. The molecule has 1 N–H and O–H groups in total. The molecule has 0 aliphatic rings. The van der Waals surface area contributed by atoms with Crippen molar-refractivity contribution in [1.29, 1.82) is 0 Å². The van der Waals surface area contributed by atoms with Crippen molar-refractivity contribution in [1.82, 2.24) is 5.32 Å². The predicted molar refractivity (Wildman–Crippen MR) is 68.1 cm³/mol. The summed E-state index contributed by atoms with van der Waals surface area (Å²) in [5.74, 6) is -1.03. The highest BCUT2D eigenvalue weighted by atomic mass is 16.5. The third-order valence-electron chi connectivity index (χ3n) is 2.54. The fourth-order valence-corrected chi connectivity index (χ4v) is 1.54. The van der Waals surface area contributed by atoms with Gasteiger partial charge in [0.05, 0.1) is 0 Å². The summed E-state index contributed by atoms with van der Waals surface area (Å²) in [4.78, 5) is 21.5. The van der Waals surface area contributed by atoms with Gasteiger partial charge in [-0.1, -0.05) is 36.8 Å². The number of hydrogen-bond donors (Lipinski definition) is 1. The second-order valence-corrected chi connectivity index (χ2v) is 4.17. The van der Waals surface area contributed by atoms with Crippen molar-refractivity contribution in [2.75, 3.05) is 6.54 Å². The second-order valence-electron chi connectivity index (χ2n) is 4.17. The van der Waals surface area contributed by atoms with Gasteiger partial charge in [0.2, 0.25) is 0 Å². The first-order chi connectivity index (χ1) is 9.18. The van der Waals surface area contributed by atoms with Gasteiger partial charge in [-0.05, 0) is 24.8 Å². The molecule has 1 amide bonds. The van der Waals surface area contributed by atoms with E-state index in [9.17, 15) is 14.7 Å². The van der Waals surface area contributed by atoms with E-state index in [2.05, 4.69) is 5.32 Å². The number of carbonyl (C=O) groups excluding carboxylic acids is 2. The molecule has 5 heteroatoms. The van der Waals surface area contributed by atoms with E-state index < -0.39 is 12.1 Å². The number of aliphatic carboxylic acids is 1. The van der Waals surface area contributed by atoms with Crippen LogP contribution in [0.3, 0.4) is 0 Å². The molecule has 0 bridgehead atoms. The lowest BCUT2D eigenvalue weighted by atomic mass is 10.2. The Morgan fingerprint density at radius 2 is 1.84 bits per heavy atom. The molecule has 1 rings (SSSR count). The molecule has 0 saturated carbocycles. The molecule has 0 aromatic heterocycles. The normalized spacial score (nSPS) is 9.89. The second kappa shape index (κ2) is 8.97. The first kappa shape index (κ1) is 15.0. The highest BCUT2D eigenvalue weighted by Crippen LogP contribution is 2.01. The summed E-state index contributed by atoms with van der Waals surface area (Å²) in [7, 11) is 0. The number of alkyl carbamates (subject to hydrolysis) is 1. The standard InChI is InChI=1S/C14H19NO4/c16-13(17)9-5-2-6-10-15-14(18)19-11-12-7-3-1-4-8-12/h1,3-4,7-8H,2,5-6,9-11H2,(H,15,18)(H,16,17)/p-1. The molecule has 0 atom stereocenters. The number of amides is 1. The van der Waals surface area contributed by atoms with Crippen LogP contribution < -0.4 is 10.4 Å². The number of carboxylic acids is 1. The van der Waals surface area contributed by atoms with Crippen molar-refractivity contribution in [3.63, 3.8) is 0 Å². The predicted octanol–water partition coefficient (Wildman–Crippen LogP) is 1.22. The smallest absolute Gasteiger partial charge is 0.407 e. The van der Waals surface area contributed by atoms with Crippen LogP contribution in [0.4, 0.5) is 4.79 Å². The minimum absolute atomic E-state index is 0.0679. The molecule has 1 aromatic rings. The van der Waals surface area contributed by atoms with Gasteiger partial charge in [-0.2, -0.15) is 0 Å². The van der Waals surface area contributed by atoms with Crippen LogP contribution in [-0.2, 0) is 16.1 Å². The van der Waals surface area contributed by atoms with E-state index in [1.54, 1.807) is 0 Å². The van der Waals surface area contributed by atoms with Gasteiger partial charge < -0.3 is 20.0 Å². The van der Waals surface area contributed by atoms with Crippen LogP contribution in [0, 0.1) is 0 Å². The van der Waals surface area contributed by atoms with Gasteiger partial charge in [-0.15, -0.1) is 0 Å². The van der Waals surface area contributed by atoms with Gasteiger partial charge in [0.1, 0.15) is 6.61 Å². The maximum absolute atomic E-state index is 11.3. The first-order valence-corrected chi connectivity index (χ1v) is 6.33. The molecule has 19 heavy (non-hydrogen) atoms. The summed E-state index contributed by atoms with van der Waals surface area (Å²) in [6, 6.07) is 9.43. The number of carboxylic acid groups (broad SMARTS) is 1. The summed E-state index contributed by atoms with van der Waals surface area (Å²) < 4.78 is 5.02. The van der Waals surface area contributed by atoms with Gasteiger partial charge in [0.25, 0.3) is 0 Å². The third-order valence-corrected chi connectivity index (χ3v) is 2.54. The van der Waals surface area contributed by atoms with Gasteiger partial charge in [-0.25, -0.2) is 4.79 Å². The largest absolute Gasteiger partial charge is 0.550 e. The van der Waals surface area contributed by atoms with Crippen molar-refractivity contribution in [3.05, 3.63) is 35.9 Å². The zero-order valence-corrected chi connectivity index (χ0v) is 10.8. The summed E-state index contributed by atoms with van der Waals surface area (Å²) in [5, 5.41) is 12.8. The number of hydrogen-bond acceptors (Lipinski definition) is 4. The Bertz CT molecular complexity index is 392. The molecule has 0 heterocycles. The highest BCUT2D eigenvalue weighted by Gasteiger charge is 2.01. The minimum atomic E-state index is -1.03. The zero-order chi connectivity index (χ0) is 13.9. The lowest BCUT2D eigenvalue weighted by molar-refractivity contribution is -0.305. The van der Waals surface area contributed by atoms with Gasteiger partial charge >= 0.3 is 6.09 Å². The van der Waals surface area contributed by atoms with E-state index in [0.29, 0.717) is 13.0 Å². The van der Waals surface area contributed by atoms with Crippen LogP contribution in [0.5, 0.6) is 0 Å². The summed E-state index contributed by atoms with van der Waals surface area (Å²) in [5.41, 5.74) is 0.937. The monoisotopic (exact) mass is 264 g/mol. The van der Waals surface area contributed by atoms with E-state index >= 15 is 0 Å². The molecule has 1 aromatic carbocycles. The van der Waals surface area contributed by atoms with Crippen LogP contribution in [0.25, 0.3) is 0 Å². The molecular weight excluding hydrogens is 246 g/mol. The number of unbranched alkanes of at least 4 members (excludes halogenated alkanes) is 2. The van der Waals surface area contributed by atoms with Crippen molar-refractivity contribution < 1.29 is 19.4 Å². The van der Waals surface area contributed by atoms with Gasteiger partial charge in [0, 0.05) is 12.5 Å². The molecule has 0 saturated heterocycles. The first-order valence-electron chi connectivity index (χ1n) is 6.33. The van der Waals surface area contributed by atoms with Gasteiger partial charge in [-0.3, -0.25) is 0 Å². The molecule has 5 nitrogen and oxygen atoms in total. The number of nitrogens with one attached hydrogen (secondary N) is 1. The van der Waals surface area contributed by atoms with Crippen molar-refractivity contribution in [3.8, 4) is 0 Å². The van der Waals surface area contributed by atoms with Crippen LogP contribution >= 0.6 is 0 Å². The summed E-state index contributed by atoms with van der Waals surface area (Å²) in [6.45, 7) is 0.734. The van der Waals surface area contributed by atoms with Crippen LogP contribution in [0.2, 0.25) is 0 Å². The lowest BCUT2D eigenvalue weighted by Crippen LogP contribution is -2.25. The molecule has 104 valence electrons. The fourth-order valence-electron chi connectivity index (χ4n) is 1.54. The number of benzene rings is 1. The van der Waals surface area contributed by atoms with E-state index in [-0.39, 0.29) is 13.0 Å². The molecule has 0 unspecified atom stereocenters. The highest BCUT2D eigenvalue weighted by molar-refractivity contribution is 5.67. The maximum atomic E-state index is 11.3. The van der Waals surface area contributed by atoms with E-state index in [1.165, 1.54) is 0 Å². The van der Waals surface area contributed by atoms with E-state index in [0.717, 1.165) is 18.4 Å². The van der Waals surface area contributed by atoms with Crippen molar-refractivity contribution in [2.24, 2.45) is 0 Å². The van der Waals surface area contributed by atoms with Crippen LogP contribution in [0.15, 0.2) is 30.3 Å². The number of carbonyl (C=O) groups is 2. The summed E-state index contributed by atoms with van der Waals surface area (Å²) >= 11 is 0. The fraction of sp³-hybridized carbons (Fsp3) is 0.429. The number of rotatable bonds is 8. The van der Waals surface area contributed by atoms with Crippen LogP contribution in [-0.4, -0.2) is 18.6 Å². The van der Waals surface area contributed by atoms with Crippen molar-refractivity contribution >= 4 is 12.1 Å². The van der Waals surface area contributed by atoms with Gasteiger partial charge in [0.15, 0.2) is 0 Å². The Hall–Kier alpha value is -2.04. The average molecular weight is 264 g/mol. The van der Waals surface area contributed by atoms with E-state index in [1.807, 2.05) is 30.3 Å². The SMILES string of the molecule is O=C([O-])CCCCCNC(=O)OCc1ccccc1. The van der Waals surface area contributed by atoms with Crippen molar-refractivity contribution in [2.45, 2.75) is 32.3 Å². The molecule has 0 fully saturated rings. The lowest BCUT2D eigenvalue weighted by Gasteiger charge is -2.07. The third kappa shape index (κ3) is 7.81. The molecule has 0 aliphatic heterocycles.